The second-order valence-electron chi connectivity index (χ2n) is 8.86. The minimum absolute atomic E-state index is 0.463. The molecule has 1 spiro atoms. The molecule has 3 saturated heterocycles. The highest BCUT2D eigenvalue weighted by atomic mass is 16.8. The Balaban J connectivity index is 1.07. The van der Waals surface area contributed by atoms with Gasteiger partial charge in [-0.3, -0.25) is 0 Å². The number of carbonyl (C=O) groups excluding carboxylic acids is 3. The third-order valence-corrected chi connectivity index (χ3v) is 6.53. The Morgan fingerprint density at radius 3 is 2.50 bits per heavy atom. The molecule has 5 rings (SSSR count). The monoisotopic (exact) mass is 466 g/mol. The Kier molecular flexibility index (Phi) is 5.97. The number of amides is 1. The summed E-state index contributed by atoms with van der Waals surface area (Å²) < 4.78 is 16.5. The van der Waals surface area contributed by atoms with Gasteiger partial charge in [0.2, 0.25) is 0 Å². The molecule has 3 aliphatic rings. The average Bonchev–Trinajstić information content (AvgIpc) is 3.09. The summed E-state index contributed by atoms with van der Waals surface area (Å²) in [6.45, 7) is 5.18. The van der Waals surface area contributed by atoms with Crippen LogP contribution >= 0.6 is 0 Å². The number of likely N-dealkylation sites (tertiary alicyclic amines) is 1. The van der Waals surface area contributed by atoms with Crippen LogP contribution in [-0.2, 0) is 35.2 Å². The van der Waals surface area contributed by atoms with E-state index in [0.717, 1.165) is 17.2 Å². The molecule has 2 aromatic rings. The molecule has 1 amide bonds. The van der Waals surface area contributed by atoms with Crippen molar-refractivity contribution in [2.45, 2.75) is 38.2 Å². The van der Waals surface area contributed by atoms with Crippen LogP contribution in [-0.4, -0.2) is 66.1 Å². The number of aryl methyl sites for hydroxylation is 1. The predicted octanol–water partition coefficient (Wildman–Crippen LogP) is 2.81. The zero-order valence-electron chi connectivity index (χ0n) is 18.9. The molecule has 34 heavy (non-hydrogen) atoms. The Morgan fingerprint density at radius 2 is 1.76 bits per heavy atom. The standard InChI is InChI=1S/C25H26N2O7/c1-17-3-2-4-20(15-17)19-7-5-18(6-8-19)16-31-14-13-26-11-9-25(10-12-26)23-27(24(30)33-25)34-22(29)21(28)32-23/h2-8,15,23H,9-14,16H2,1H3. The van der Waals surface area contributed by atoms with Crippen molar-refractivity contribution >= 4 is 18.0 Å². The van der Waals surface area contributed by atoms with Crippen molar-refractivity contribution < 1.29 is 33.4 Å². The Hall–Kier alpha value is -3.43. The maximum Gasteiger partial charge on any atom is 0.447 e. The summed E-state index contributed by atoms with van der Waals surface area (Å²) >= 11 is 0. The fourth-order valence-corrected chi connectivity index (χ4v) is 4.60. The molecule has 2 aromatic carbocycles. The van der Waals surface area contributed by atoms with Crippen LogP contribution in [0.25, 0.3) is 11.1 Å². The zero-order chi connectivity index (χ0) is 23.7. The molecule has 1 unspecified atom stereocenters. The van der Waals surface area contributed by atoms with Gasteiger partial charge in [0, 0.05) is 32.5 Å². The minimum atomic E-state index is -1.22. The predicted molar refractivity (Wildman–Crippen MR) is 119 cm³/mol. The van der Waals surface area contributed by atoms with E-state index in [4.69, 9.17) is 19.0 Å². The maximum atomic E-state index is 12.1. The number of benzene rings is 2. The van der Waals surface area contributed by atoms with E-state index in [9.17, 15) is 14.4 Å². The van der Waals surface area contributed by atoms with Gasteiger partial charge in [-0.25, -0.2) is 14.4 Å². The van der Waals surface area contributed by atoms with Crippen molar-refractivity contribution in [2.24, 2.45) is 0 Å². The van der Waals surface area contributed by atoms with Gasteiger partial charge in [0.15, 0.2) is 5.60 Å². The van der Waals surface area contributed by atoms with Gasteiger partial charge in [-0.05, 0) is 23.6 Å². The van der Waals surface area contributed by atoms with Crippen molar-refractivity contribution in [3.8, 4) is 11.1 Å². The topological polar surface area (TPSA) is 94.6 Å². The molecule has 0 aliphatic carbocycles. The lowest BCUT2D eigenvalue weighted by Crippen LogP contribution is -2.57. The third kappa shape index (κ3) is 4.36. The summed E-state index contributed by atoms with van der Waals surface area (Å²) in [5.41, 5.74) is 3.73. The van der Waals surface area contributed by atoms with Crippen LogP contribution in [0.1, 0.15) is 24.0 Å². The van der Waals surface area contributed by atoms with Crippen LogP contribution < -0.4 is 0 Å². The number of carbonyl (C=O) groups is 3. The first kappa shape index (κ1) is 22.4. The van der Waals surface area contributed by atoms with Crippen LogP contribution in [0.5, 0.6) is 0 Å². The molecule has 0 saturated carbocycles. The van der Waals surface area contributed by atoms with Gasteiger partial charge in [0.1, 0.15) is 0 Å². The molecule has 3 heterocycles. The molecule has 9 heteroatoms. The molecular formula is C25H26N2O7. The molecule has 0 bridgehead atoms. The molecule has 3 fully saturated rings. The molecule has 0 N–H and O–H groups in total. The van der Waals surface area contributed by atoms with E-state index in [1.807, 2.05) is 0 Å². The highest BCUT2D eigenvalue weighted by Crippen LogP contribution is 2.40. The summed E-state index contributed by atoms with van der Waals surface area (Å²) in [5, 5.41) is 0.729. The molecule has 178 valence electrons. The average molecular weight is 466 g/mol. The quantitative estimate of drug-likeness (QED) is 0.365. The first-order chi connectivity index (χ1) is 16.4. The van der Waals surface area contributed by atoms with E-state index in [0.29, 0.717) is 39.1 Å². The minimum Gasteiger partial charge on any atom is -0.434 e. The first-order valence-corrected chi connectivity index (χ1v) is 11.3. The van der Waals surface area contributed by atoms with Gasteiger partial charge in [-0.1, -0.05) is 59.2 Å². The van der Waals surface area contributed by atoms with E-state index in [2.05, 4.69) is 60.4 Å². The Morgan fingerprint density at radius 1 is 1.00 bits per heavy atom. The zero-order valence-corrected chi connectivity index (χ0v) is 18.9. The van der Waals surface area contributed by atoms with E-state index >= 15 is 0 Å². The second-order valence-corrected chi connectivity index (χ2v) is 8.86. The van der Waals surface area contributed by atoms with Crippen molar-refractivity contribution in [2.75, 3.05) is 26.2 Å². The van der Waals surface area contributed by atoms with Crippen molar-refractivity contribution in [3.63, 3.8) is 0 Å². The number of hydrogen-bond acceptors (Lipinski definition) is 8. The van der Waals surface area contributed by atoms with Gasteiger partial charge in [0.25, 0.3) is 6.23 Å². The van der Waals surface area contributed by atoms with Crippen LogP contribution in [0.4, 0.5) is 4.79 Å². The van der Waals surface area contributed by atoms with E-state index < -0.39 is 29.9 Å². The highest BCUT2D eigenvalue weighted by molar-refractivity contribution is 6.30. The summed E-state index contributed by atoms with van der Waals surface area (Å²) in [7, 11) is 0. The first-order valence-electron chi connectivity index (χ1n) is 11.3. The van der Waals surface area contributed by atoms with Crippen LogP contribution in [0, 0.1) is 6.92 Å². The second kappa shape index (κ2) is 9.08. The smallest absolute Gasteiger partial charge is 0.434 e. The van der Waals surface area contributed by atoms with E-state index in [-0.39, 0.29) is 0 Å². The van der Waals surface area contributed by atoms with Crippen molar-refractivity contribution in [3.05, 3.63) is 59.7 Å². The lowest BCUT2D eigenvalue weighted by molar-refractivity contribution is -0.251. The van der Waals surface area contributed by atoms with Crippen LogP contribution in [0.2, 0.25) is 0 Å². The summed E-state index contributed by atoms with van der Waals surface area (Å²) in [6, 6.07) is 16.8. The number of ether oxygens (including phenoxy) is 3. The number of piperidine rings is 1. The van der Waals surface area contributed by atoms with Crippen LogP contribution in [0.3, 0.4) is 0 Å². The largest absolute Gasteiger partial charge is 0.447 e. The maximum absolute atomic E-state index is 12.1. The summed E-state index contributed by atoms with van der Waals surface area (Å²) in [6.07, 6.45) is -0.918. The summed E-state index contributed by atoms with van der Waals surface area (Å²) in [5.74, 6) is -2.33. The number of rotatable bonds is 6. The SMILES string of the molecule is Cc1cccc(-c2ccc(COCCN3CCC4(CC3)OC(=O)N3OC(=O)C(=O)OC34)cc2)c1. The normalized spacial score (nSPS) is 21.7. The lowest BCUT2D eigenvalue weighted by Gasteiger charge is -2.40. The molecule has 9 nitrogen and oxygen atoms in total. The number of hydroxylamine groups is 2. The number of hydrogen-bond donors (Lipinski definition) is 0. The van der Waals surface area contributed by atoms with Gasteiger partial charge in [-0.15, -0.1) is 0 Å². The molecule has 3 aliphatic heterocycles. The molecule has 0 radical (unpaired) electrons. The van der Waals surface area contributed by atoms with Crippen molar-refractivity contribution in [1.29, 1.82) is 0 Å². The molecule has 1 atom stereocenters. The van der Waals surface area contributed by atoms with E-state index in [1.54, 1.807) is 0 Å². The molecular weight excluding hydrogens is 440 g/mol. The molecule has 0 aromatic heterocycles. The third-order valence-electron chi connectivity index (χ3n) is 6.53. The Labute approximate surface area is 197 Å². The van der Waals surface area contributed by atoms with Gasteiger partial charge >= 0.3 is 18.0 Å². The van der Waals surface area contributed by atoms with Crippen molar-refractivity contribution in [1.82, 2.24) is 9.96 Å². The van der Waals surface area contributed by atoms with Gasteiger partial charge < -0.3 is 23.9 Å². The van der Waals surface area contributed by atoms with Crippen LogP contribution in [0.15, 0.2) is 48.5 Å². The van der Waals surface area contributed by atoms with E-state index in [1.165, 1.54) is 16.7 Å². The number of esters is 1. The highest BCUT2D eigenvalue weighted by Gasteiger charge is 2.62. The number of fused-ring (bicyclic) bond motifs is 2. The fourth-order valence-electron chi connectivity index (χ4n) is 4.60. The van der Waals surface area contributed by atoms with Gasteiger partial charge in [0.05, 0.1) is 13.2 Å². The fraction of sp³-hybridized carbons (Fsp3) is 0.400. The lowest BCUT2D eigenvalue weighted by atomic mass is 9.89. The van der Waals surface area contributed by atoms with Gasteiger partial charge in [-0.2, -0.15) is 0 Å². The Bertz CT molecular complexity index is 1090. The number of nitrogens with zero attached hydrogens (tertiary/aromatic N) is 2. The summed E-state index contributed by atoms with van der Waals surface area (Å²) in [4.78, 5) is 42.0.